The summed E-state index contributed by atoms with van der Waals surface area (Å²) in [7, 11) is 0. The van der Waals surface area contributed by atoms with Crippen LogP contribution in [-0.4, -0.2) is 15.0 Å². The van der Waals surface area contributed by atoms with Gasteiger partial charge in [-0.1, -0.05) is 6.07 Å². The van der Waals surface area contributed by atoms with Gasteiger partial charge in [0, 0.05) is 22.9 Å². The third-order valence-corrected chi connectivity index (χ3v) is 3.58. The highest BCUT2D eigenvalue weighted by molar-refractivity contribution is 6.30. The molecule has 0 N–H and O–H groups in total. The molecule has 0 aliphatic rings. The molecular weight excluding hydrogens is 329 g/mol. The molecule has 3 aromatic rings. The van der Waals surface area contributed by atoms with Crippen molar-refractivity contribution in [3.05, 3.63) is 54.1 Å². The van der Waals surface area contributed by atoms with Crippen molar-refractivity contribution in [1.82, 2.24) is 15.0 Å². The largest absolute Gasteiger partial charge is 0.416 e. The molecule has 2 heterocycles. The van der Waals surface area contributed by atoms with Gasteiger partial charge in [0.15, 0.2) is 5.82 Å². The average Bonchev–Trinajstić information content (AvgIpc) is 2.53. The molecule has 3 rings (SSSR count). The summed E-state index contributed by atoms with van der Waals surface area (Å²) in [6, 6.07) is 6.46. The van der Waals surface area contributed by atoms with Crippen LogP contribution in [0, 0.1) is 6.92 Å². The Labute approximate surface area is 134 Å². The van der Waals surface area contributed by atoms with E-state index in [9.17, 15) is 13.2 Å². The number of hydrogen-bond acceptors (Lipinski definition) is 4. The molecule has 0 unspecified atom stereocenters. The summed E-state index contributed by atoms with van der Waals surface area (Å²) in [5.41, 5.74) is 0.661. The number of halogens is 4. The van der Waals surface area contributed by atoms with Crippen LogP contribution in [0.15, 0.2) is 42.9 Å². The molecule has 4 nitrogen and oxygen atoms in total. The van der Waals surface area contributed by atoms with Gasteiger partial charge in [0.05, 0.1) is 23.0 Å². The van der Waals surface area contributed by atoms with E-state index < -0.39 is 11.7 Å². The van der Waals surface area contributed by atoms with E-state index in [0.717, 1.165) is 22.2 Å². The Balaban J connectivity index is 2.11. The highest BCUT2D eigenvalue weighted by Crippen LogP contribution is 2.35. The number of alkyl halides is 3. The second-order valence-electron chi connectivity index (χ2n) is 4.87. The Morgan fingerprint density at radius 3 is 2.61 bits per heavy atom. The molecule has 8 heteroatoms. The minimum absolute atomic E-state index is 0.163. The van der Waals surface area contributed by atoms with E-state index in [0.29, 0.717) is 16.7 Å². The lowest BCUT2D eigenvalue weighted by Crippen LogP contribution is -2.09. The standard InChI is InChI=1S/C15H10ClF3N4/c1-9-5-12-13(7-20-9)21-8-22-14(12)23(16)11-4-2-3-10(6-11)15(17,18)19/h2-8H,1H3. The fraction of sp³-hybridized carbons (Fsp3) is 0.133. The number of rotatable bonds is 2. The molecule has 118 valence electrons. The van der Waals surface area contributed by atoms with Gasteiger partial charge in [-0.05, 0) is 31.2 Å². The van der Waals surface area contributed by atoms with Crippen molar-refractivity contribution in [2.24, 2.45) is 0 Å². The number of fused-ring (bicyclic) bond motifs is 1. The van der Waals surface area contributed by atoms with Crippen molar-refractivity contribution in [3.63, 3.8) is 0 Å². The van der Waals surface area contributed by atoms with Gasteiger partial charge in [0.25, 0.3) is 0 Å². The zero-order chi connectivity index (χ0) is 16.6. The molecule has 0 aliphatic heterocycles. The van der Waals surface area contributed by atoms with Crippen LogP contribution in [0.5, 0.6) is 0 Å². The lowest BCUT2D eigenvalue weighted by Gasteiger charge is -2.18. The van der Waals surface area contributed by atoms with E-state index in [1.807, 2.05) is 0 Å². The molecule has 0 saturated carbocycles. The first-order valence-electron chi connectivity index (χ1n) is 6.57. The van der Waals surface area contributed by atoms with Crippen molar-refractivity contribution in [2.75, 3.05) is 4.42 Å². The molecule has 0 fully saturated rings. The van der Waals surface area contributed by atoms with Crippen LogP contribution in [0.1, 0.15) is 11.3 Å². The molecule has 1 aromatic carbocycles. The Kier molecular flexibility index (Phi) is 3.81. The lowest BCUT2D eigenvalue weighted by molar-refractivity contribution is -0.137. The number of pyridine rings is 1. The normalized spacial score (nSPS) is 11.7. The summed E-state index contributed by atoms with van der Waals surface area (Å²) in [6.45, 7) is 1.79. The second kappa shape index (κ2) is 5.66. The predicted octanol–water partition coefficient (Wildman–Crippen LogP) is 4.64. The van der Waals surface area contributed by atoms with Crippen LogP contribution in [-0.2, 0) is 6.18 Å². The third-order valence-electron chi connectivity index (χ3n) is 3.22. The quantitative estimate of drug-likeness (QED) is 0.638. The van der Waals surface area contributed by atoms with Crippen molar-refractivity contribution < 1.29 is 13.2 Å². The van der Waals surface area contributed by atoms with E-state index in [2.05, 4.69) is 15.0 Å². The summed E-state index contributed by atoms with van der Waals surface area (Å²) in [4.78, 5) is 12.3. The van der Waals surface area contributed by atoms with Gasteiger partial charge in [0.2, 0.25) is 0 Å². The van der Waals surface area contributed by atoms with E-state index >= 15 is 0 Å². The zero-order valence-corrected chi connectivity index (χ0v) is 12.6. The number of hydrogen-bond donors (Lipinski definition) is 0. The summed E-state index contributed by atoms with van der Waals surface area (Å²) in [5.74, 6) is 0.293. The van der Waals surface area contributed by atoms with Crippen molar-refractivity contribution >= 4 is 34.2 Å². The van der Waals surface area contributed by atoms with Gasteiger partial charge in [-0.3, -0.25) is 4.98 Å². The van der Waals surface area contributed by atoms with E-state index in [4.69, 9.17) is 11.8 Å². The Morgan fingerprint density at radius 1 is 1.09 bits per heavy atom. The minimum atomic E-state index is -4.44. The van der Waals surface area contributed by atoms with Crippen LogP contribution < -0.4 is 4.42 Å². The van der Waals surface area contributed by atoms with Crippen LogP contribution >= 0.6 is 11.8 Å². The number of anilines is 2. The van der Waals surface area contributed by atoms with Gasteiger partial charge in [0.1, 0.15) is 6.33 Å². The third kappa shape index (κ3) is 3.05. The van der Waals surface area contributed by atoms with Gasteiger partial charge in [-0.15, -0.1) is 0 Å². The minimum Gasteiger partial charge on any atom is -0.259 e. The molecule has 23 heavy (non-hydrogen) atoms. The maximum absolute atomic E-state index is 12.8. The summed E-state index contributed by atoms with van der Waals surface area (Å²) in [6.07, 6.45) is -1.59. The summed E-state index contributed by atoms with van der Waals surface area (Å²) < 4.78 is 39.6. The molecule has 0 bridgehead atoms. The van der Waals surface area contributed by atoms with Gasteiger partial charge in [-0.2, -0.15) is 13.2 Å². The molecule has 0 saturated heterocycles. The Hall–Kier alpha value is -2.41. The molecule has 0 aliphatic carbocycles. The maximum atomic E-state index is 12.8. The number of aromatic nitrogens is 3. The van der Waals surface area contributed by atoms with Gasteiger partial charge in [-0.25, -0.2) is 14.4 Å². The maximum Gasteiger partial charge on any atom is 0.416 e. The van der Waals surface area contributed by atoms with E-state index in [1.165, 1.54) is 18.5 Å². The number of nitrogens with zero attached hydrogens (tertiary/aromatic N) is 4. The predicted molar refractivity (Wildman–Crippen MR) is 81.5 cm³/mol. The SMILES string of the molecule is Cc1cc2c(N(Cl)c3cccc(C(F)(F)F)c3)ncnc2cn1. The molecule has 0 radical (unpaired) electrons. The lowest BCUT2D eigenvalue weighted by atomic mass is 10.2. The molecule has 0 spiro atoms. The van der Waals surface area contributed by atoms with Crippen LogP contribution in [0.25, 0.3) is 10.9 Å². The highest BCUT2D eigenvalue weighted by Gasteiger charge is 2.31. The number of aryl methyl sites for hydroxylation is 1. The smallest absolute Gasteiger partial charge is 0.259 e. The molecule has 0 atom stereocenters. The number of benzene rings is 1. The Bertz CT molecular complexity index is 867. The van der Waals surface area contributed by atoms with Crippen LogP contribution in [0.3, 0.4) is 0 Å². The highest BCUT2D eigenvalue weighted by atomic mass is 35.5. The van der Waals surface area contributed by atoms with Crippen LogP contribution in [0.4, 0.5) is 24.7 Å². The first-order valence-corrected chi connectivity index (χ1v) is 6.90. The van der Waals surface area contributed by atoms with Crippen molar-refractivity contribution in [1.29, 1.82) is 0 Å². The summed E-state index contributed by atoms with van der Waals surface area (Å²) >= 11 is 6.24. The topological polar surface area (TPSA) is 41.9 Å². The molecular formula is C15H10ClF3N4. The molecule has 0 amide bonds. The van der Waals surface area contributed by atoms with E-state index in [1.54, 1.807) is 19.2 Å². The van der Waals surface area contributed by atoms with E-state index in [-0.39, 0.29) is 5.69 Å². The first-order chi connectivity index (χ1) is 10.9. The van der Waals surface area contributed by atoms with Gasteiger partial charge >= 0.3 is 6.18 Å². The Morgan fingerprint density at radius 2 is 1.87 bits per heavy atom. The molecule has 2 aromatic heterocycles. The fourth-order valence-corrected chi connectivity index (χ4v) is 2.37. The fourth-order valence-electron chi connectivity index (χ4n) is 2.13. The van der Waals surface area contributed by atoms with Crippen LogP contribution in [0.2, 0.25) is 0 Å². The summed E-state index contributed by atoms with van der Waals surface area (Å²) in [5, 5.41) is 0.604. The second-order valence-corrected chi connectivity index (χ2v) is 5.21. The van der Waals surface area contributed by atoms with Crippen molar-refractivity contribution in [3.8, 4) is 0 Å². The van der Waals surface area contributed by atoms with Gasteiger partial charge < -0.3 is 0 Å². The first kappa shape index (κ1) is 15.5. The monoisotopic (exact) mass is 338 g/mol. The average molecular weight is 339 g/mol. The van der Waals surface area contributed by atoms with Crippen molar-refractivity contribution in [2.45, 2.75) is 13.1 Å². The zero-order valence-electron chi connectivity index (χ0n) is 11.8.